The third-order valence-corrected chi connectivity index (χ3v) is 10.6. The third-order valence-electron chi connectivity index (χ3n) is 3.91. The van der Waals surface area contributed by atoms with Crippen LogP contribution in [0.5, 0.6) is 0 Å². The van der Waals surface area contributed by atoms with Gasteiger partial charge in [0.15, 0.2) is 0 Å². The molecule has 0 saturated carbocycles. The van der Waals surface area contributed by atoms with Gasteiger partial charge in [-0.2, -0.15) is 0 Å². The van der Waals surface area contributed by atoms with Crippen molar-refractivity contribution < 1.29 is 0 Å². The van der Waals surface area contributed by atoms with E-state index < -0.39 is 18.4 Å². The van der Waals surface area contributed by atoms with E-state index in [9.17, 15) is 0 Å². The van der Waals surface area contributed by atoms with E-state index in [2.05, 4.69) is 77.0 Å². The molecule has 0 fully saturated rings. The Labute approximate surface area is 141 Å². The Balaban J connectivity index is 3.55. The van der Waals surface area contributed by atoms with E-state index in [0.717, 1.165) is 19.1 Å². The molecular formula is C20H29BSn. The summed E-state index contributed by atoms with van der Waals surface area (Å²) < 4.78 is 1.71. The van der Waals surface area contributed by atoms with Gasteiger partial charge in [0.05, 0.1) is 0 Å². The fraction of sp³-hybridized carbons (Fsp3) is 0.300. The first-order chi connectivity index (χ1) is 10.5. The molecule has 0 aliphatic rings. The van der Waals surface area contributed by atoms with Crippen LogP contribution < -0.4 is 0 Å². The van der Waals surface area contributed by atoms with Crippen LogP contribution in [-0.4, -0.2) is 25.1 Å². The Bertz CT molecular complexity index is 525. The van der Waals surface area contributed by atoms with Gasteiger partial charge in [-0.1, -0.05) is 0 Å². The summed E-state index contributed by atoms with van der Waals surface area (Å²) in [4.78, 5) is 7.53. The summed E-state index contributed by atoms with van der Waals surface area (Å²) in [5, 5.41) is 0. The van der Waals surface area contributed by atoms with Crippen molar-refractivity contribution in [3.8, 4) is 0 Å². The first kappa shape index (κ1) is 19.1. The zero-order chi connectivity index (χ0) is 16.6. The molecule has 0 aromatic heterocycles. The van der Waals surface area contributed by atoms with Gasteiger partial charge in [-0.05, 0) is 0 Å². The number of hydrogen-bond donors (Lipinski definition) is 0. The van der Waals surface area contributed by atoms with Crippen LogP contribution in [-0.2, 0) is 0 Å². The summed E-state index contributed by atoms with van der Waals surface area (Å²) in [5.41, 5.74) is 2.84. The minimum atomic E-state index is -2.28. The van der Waals surface area contributed by atoms with Crippen LogP contribution in [0.2, 0.25) is 27.5 Å². The second-order valence-corrected chi connectivity index (χ2v) is 21.1. The van der Waals surface area contributed by atoms with Crippen molar-refractivity contribution >= 4 is 30.7 Å². The molecule has 1 aromatic rings. The fourth-order valence-electron chi connectivity index (χ4n) is 3.21. The van der Waals surface area contributed by atoms with Gasteiger partial charge >= 0.3 is 142 Å². The summed E-state index contributed by atoms with van der Waals surface area (Å²) in [6, 6.07) is 10.8. The van der Waals surface area contributed by atoms with E-state index in [0.29, 0.717) is 6.71 Å². The molecule has 0 unspecified atom stereocenters. The molecule has 0 aliphatic heterocycles. The molecule has 0 atom stereocenters. The average Bonchev–Trinajstić information content (AvgIpc) is 2.47. The monoisotopic (exact) mass is 400 g/mol. The number of hydrogen-bond acceptors (Lipinski definition) is 0. The Morgan fingerprint density at radius 2 is 1.50 bits per heavy atom. The molecule has 0 nitrogen and oxygen atoms in total. The van der Waals surface area contributed by atoms with Gasteiger partial charge in [-0.15, -0.1) is 0 Å². The zero-order valence-corrected chi connectivity index (χ0v) is 17.3. The summed E-state index contributed by atoms with van der Waals surface area (Å²) in [5.74, 6) is 0. The molecule has 0 bridgehead atoms. The molecule has 2 heteroatoms. The molecule has 1 rings (SSSR count). The molecule has 1 aromatic carbocycles. The Hall–Kier alpha value is -0.956. The number of rotatable bonds is 9. The summed E-state index contributed by atoms with van der Waals surface area (Å²) >= 11 is -2.28. The van der Waals surface area contributed by atoms with Crippen LogP contribution in [0.1, 0.15) is 12.0 Å². The van der Waals surface area contributed by atoms with Gasteiger partial charge in [0.25, 0.3) is 0 Å². The van der Waals surface area contributed by atoms with Gasteiger partial charge < -0.3 is 0 Å². The van der Waals surface area contributed by atoms with Crippen LogP contribution >= 0.6 is 0 Å². The minimum absolute atomic E-state index is 0.543. The standard InChI is InChI=1S/C17H20B.3CH3.Sn/c1-4-10-17(16-11-8-7-9-12-16)15-18(13-5-2)14-6-3;;;;/h4-9,11-12H,1-3,10,13-14H2;3*1H3;. The predicted octanol–water partition coefficient (Wildman–Crippen LogP) is 6.30. The normalized spacial score (nSPS) is 12.3. The van der Waals surface area contributed by atoms with Crippen LogP contribution in [0, 0.1) is 0 Å². The first-order valence-electron chi connectivity index (χ1n) is 8.07. The van der Waals surface area contributed by atoms with E-state index in [1.54, 1.807) is 3.49 Å². The van der Waals surface area contributed by atoms with Gasteiger partial charge in [0, 0.05) is 0 Å². The van der Waals surface area contributed by atoms with Crippen LogP contribution in [0.25, 0.3) is 5.57 Å². The van der Waals surface area contributed by atoms with E-state index in [4.69, 9.17) is 0 Å². The predicted molar refractivity (Wildman–Crippen MR) is 107 cm³/mol. The van der Waals surface area contributed by atoms with Crippen LogP contribution in [0.15, 0.2) is 71.8 Å². The van der Waals surface area contributed by atoms with Gasteiger partial charge in [0.2, 0.25) is 0 Å². The van der Waals surface area contributed by atoms with Crippen molar-refractivity contribution in [1.82, 2.24) is 0 Å². The van der Waals surface area contributed by atoms with Crippen LogP contribution in [0.3, 0.4) is 0 Å². The summed E-state index contributed by atoms with van der Waals surface area (Å²) in [7, 11) is 0. The second-order valence-electron chi connectivity index (χ2n) is 6.75. The second kappa shape index (κ2) is 9.24. The van der Waals surface area contributed by atoms with E-state index in [1.807, 2.05) is 6.08 Å². The van der Waals surface area contributed by atoms with Gasteiger partial charge in [0.1, 0.15) is 0 Å². The third kappa shape index (κ3) is 5.35. The maximum absolute atomic E-state index is 3.99. The molecule has 0 amide bonds. The molecular weight excluding hydrogens is 370 g/mol. The molecule has 0 N–H and O–H groups in total. The quantitative estimate of drug-likeness (QED) is 0.338. The van der Waals surface area contributed by atoms with Crippen molar-refractivity contribution in [1.29, 1.82) is 0 Å². The molecule has 0 aliphatic carbocycles. The van der Waals surface area contributed by atoms with Crippen molar-refractivity contribution in [3.05, 3.63) is 77.3 Å². The first-order valence-corrected chi connectivity index (χ1v) is 18.1. The number of allylic oxidation sites excluding steroid dienone is 4. The van der Waals surface area contributed by atoms with E-state index in [1.165, 1.54) is 11.1 Å². The van der Waals surface area contributed by atoms with Gasteiger partial charge in [-0.3, -0.25) is 0 Å². The maximum atomic E-state index is 3.99. The Morgan fingerprint density at radius 1 is 0.955 bits per heavy atom. The van der Waals surface area contributed by atoms with E-state index >= 15 is 0 Å². The Morgan fingerprint density at radius 3 is 1.91 bits per heavy atom. The number of benzene rings is 1. The molecule has 0 radical (unpaired) electrons. The van der Waals surface area contributed by atoms with Crippen molar-refractivity contribution in [2.45, 2.75) is 33.9 Å². The molecule has 0 heterocycles. The molecule has 0 saturated heterocycles. The summed E-state index contributed by atoms with van der Waals surface area (Å²) in [6.45, 7) is 12.5. The fourth-order valence-corrected chi connectivity index (χ4v) is 10.7. The van der Waals surface area contributed by atoms with Crippen molar-refractivity contribution in [2.75, 3.05) is 0 Å². The van der Waals surface area contributed by atoms with Gasteiger partial charge in [-0.25, -0.2) is 0 Å². The molecule has 0 spiro atoms. The topological polar surface area (TPSA) is 0 Å². The van der Waals surface area contributed by atoms with E-state index in [-0.39, 0.29) is 0 Å². The SMILES string of the molecule is C=CCB(CC=C)/[C](=C(/CC=C)c1ccccc1)[Sn]([CH3])([CH3])[CH3]. The average molecular weight is 399 g/mol. The molecule has 116 valence electrons. The Kier molecular flexibility index (Phi) is 8.02. The summed E-state index contributed by atoms with van der Waals surface area (Å²) in [6.07, 6.45) is 9.16. The zero-order valence-electron chi connectivity index (χ0n) is 14.4. The molecule has 22 heavy (non-hydrogen) atoms. The van der Waals surface area contributed by atoms with Crippen LogP contribution in [0.4, 0.5) is 0 Å². The van der Waals surface area contributed by atoms with Crippen molar-refractivity contribution in [3.63, 3.8) is 0 Å². The van der Waals surface area contributed by atoms with Crippen molar-refractivity contribution in [2.24, 2.45) is 0 Å².